The largest absolute Gasteiger partial charge is 0.493 e. The summed E-state index contributed by atoms with van der Waals surface area (Å²) in [6.07, 6.45) is 0.460. The van der Waals surface area contributed by atoms with Gasteiger partial charge in [0.1, 0.15) is 0 Å². The van der Waals surface area contributed by atoms with Gasteiger partial charge >= 0.3 is 5.76 Å². The van der Waals surface area contributed by atoms with Gasteiger partial charge < -0.3 is 18.4 Å². The van der Waals surface area contributed by atoms with E-state index in [4.69, 9.17) is 18.4 Å². The van der Waals surface area contributed by atoms with E-state index in [1.165, 1.54) is 0 Å². The van der Waals surface area contributed by atoms with Crippen molar-refractivity contribution in [1.29, 1.82) is 0 Å². The maximum absolute atomic E-state index is 11.4. The third kappa shape index (κ3) is 2.81. The highest BCUT2D eigenvalue weighted by Crippen LogP contribution is 2.29. The molecule has 0 saturated heterocycles. The molecule has 0 radical (unpaired) electrons. The first-order valence-corrected chi connectivity index (χ1v) is 7.83. The van der Waals surface area contributed by atoms with Crippen LogP contribution in [0.2, 0.25) is 0 Å². The van der Waals surface area contributed by atoms with E-state index in [1.54, 1.807) is 32.4 Å². The monoisotopic (exact) mass is 353 g/mol. The van der Waals surface area contributed by atoms with Crippen LogP contribution >= 0.6 is 0 Å². The minimum atomic E-state index is -0.530. The highest BCUT2D eigenvalue weighted by molar-refractivity contribution is 5.87. The smallest absolute Gasteiger partial charge is 0.417 e. The Morgan fingerprint density at radius 2 is 1.96 bits per heavy atom. The van der Waals surface area contributed by atoms with Crippen LogP contribution in [0.1, 0.15) is 11.4 Å². The average Bonchev–Trinajstić information content (AvgIpc) is 3.26. The summed E-state index contributed by atoms with van der Waals surface area (Å²) in [4.78, 5) is 18.5. The highest BCUT2D eigenvalue weighted by Gasteiger charge is 2.15. The molecule has 132 valence electrons. The Kier molecular flexibility index (Phi) is 3.92. The summed E-state index contributed by atoms with van der Waals surface area (Å²) in [5, 5.41) is 4.02. The maximum Gasteiger partial charge on any atom is 0.417 e. The van der Waals surface area contributed by atoms with Crippen molar-refractivity contribution >= 4 is 11.1 Å². The topological polar surface area (TPSA) is 103 Å². The molecule has 0 aliphatic rings. The number of nitrogens with zero attached hydrogens (tertiary/aromatic N) is 2. The van der Waals surface area contributed by atoms with E-state index in [-0.39, 0.29) is 0 Å². The van der Waals surface area contributed by atoms with Gasteiger partial charge in [0.15, 0.2) is 22.9 Å². The number of hydrogen-bond acceptors (Lipinski definition) is 7. The zero-order valence-electron chi connectivity index (χ0n) is 14.1. The van der Waals surface area contributed by atoms with E-state index in [0.717, 1.165) is 5.56 Å². The standard InChI is InChI=1S/C18H15N3O5/c1-23-12-7-6-10(8-14(12)24-2)9-15-19-17(26-21-15)11-4-3-5-13-16(11)20-18(22)25-13/h3-8H,9H2,1-2H3,(H,20,22). The number of methoxy groups -OCH3 is 2. The summed E-state index contributed by atoms with van der Waals surface area (Å²) in [7, 11) is 3.17. The van der Waals surface area contributed by atoms with E-state index in [1.807, 2.05) is 18.2 Å². The Balaban J connectivity index is 1.65. The molecule has 1 N–H and O–H groups in total. The van der Waals surface area contributed by atoms with Gasteiger partial charge in [0.25, 0.3) is 5.89 Å². The number of benzene rings is 2. The third-order valence-electron chi connectivity index (χ3n) is 3.96. The quantitative estimate of drug-likeness (QED) is 0.588. The Morgan fingerprint density at radius 1 is 1.12 bits per heavy atom. The van der Waals surface area contributed by atoms with Gasteiger partial charge in [0, 0.05) is 6.42 Å². The molecule has 2 heterocycles. The molecule has 0 atom stereocenters. The number of rotatable bonds is 5. The minimum absolute atomic E-state index is 0.308. The van der Waals surface area contributed by atoms with Crippen molar-refractivity contribution in [2.75, 3.05) is 14.2 Å². The summed E-state index contributed by atoms with van der Waals surface area (Å²) in [5.74, 6) is 1.57. The number of H-pyrrole nitrogens is 1. The molecule has 0 aliphatic carbocycles. The van der Waals surface area contributed by atoms with Gasteiger partial charge in [-0.05, 0) is 29.8 Å². The van der Waals surface area contributed by atoms with Crippen molar-refractivity contribution in [2.24, 2.45) is 0 Å². The molecule has 26 heavy (non-hydrogen) atoms. The minimum Gasteiger partial charge on any atom is -0.493 e. The van der Waals surface area contributed by atoms with Crippen LogP contribution in [0.3, 0.4) is 0 Å². The van der Waals surface area contributed by atoms with Crippen LogP contribution in [-0.4, -0.2) is 29.3 Å². The van der Waals surface area contributed by atoms with Crippen LogP contribution in [0.4, 0.5) is 0 Å². The van der Waals surface area contributed by atoms with Gasteiger partial charge in [0.2, 0.25) is 0 Å². The zero-order valence-corrected chi connectivity index (χ0v) is 14.1. The first-order valence-electron chi connectivity index (χ1n) is 7.83. The molecular weight excluding hydrogens is 338 g/mol. The van der Waals surface area contributed by atoms with Crippen molar-refractivity contribution < 1.29 is 18.4 Å². The second-order valence-electron chi connectivity index (χ2n) is 5.58. The Bertz CT molecular complexity index is 1130. The Morgan fingerprint density at radius 3 is 2.77 bits per heavy atom. The lowest BCUT2D eigenvalue weighted by Crippen LogP contribution is -1.95. The summed E-state index contributed by atoms with van der Waals surface area (Å²) in [5.41, 5.74) is 2.52. The number of ether oxygens (including phenoxy) is 2. The normalized spacial score (nSPS) is 11.0. The third-order valence-corrected chi connectivity index (χ3v) is 3.96. The molecule has 8 heteroatoms. The summed E-state index contributed by atoms with van der Waals surface area (Å²) >= 11 is 0. The first-order chi connectivity index (χ1) is 12.7. The van der Waals surface area contributed by atoms with Gasteiger partial charge in [-0.25, -0.2) is 4.79 Å². The number of hydrogen-bond donors (Lipinski definition) is 1. The average molecular weight is 353 g/mol. The molecule has 0 amide bonds. The second-order valence-corrected chi connectivity index (χ2v) is 5.58. The summed E-state index contributed by atoms with van der Waals surface area (Å²) < 4.78 is 21.0. The zero-order chi connectivity index (χ0) is 18.1. The summed E-state index contributed by atoms with van der Waals surface area (Å²) in [6.45, 7) is 0. The van der Waals surface area contributed by atoms with Crippen LogP contribution in [0.25, 0.3) is 22.6 Å². The number of oxazole rings is 1. The molecule has 4 rings (SSSR count). The number of para-hydroxylation sites is 1. The number of aromatic amines is 1. The highest BCUT2D eigenvalue weighted by atomic mass is 16.5. The van der Waals surface area contributed by atoms with Gasteiger partial charge in [-0.2, -0.15) is 4.98 Å². The fourth-order valence-electron chi connectivity index (χ4n) is 2.76. The van der Waals surface area contributed by atoms with Crippen LogP contribution in [0, 0.1) is 0 Å². The lowest BCUT2D eigenvalue weighted by atomic mass is 10.1. The van der Waals surface area contributed by atoms with Gasteiger partial charge in [-0.1, -0.05) is 17.3 Å². The van der Waals surface area contributed by atoms with E-state index >= 15 is 0 Å². The maximum atomic E-state index is 11.4. The first kappa shape index (κ1) is 15.9. The number of fused-ring (bicyclic) bond motifs is 1. The molecule has 2 aromatic heterocycles. The van der Waals surface area contributed by atoms with Crippen LogP contribution < -0.4 is 15.2 Å². The molecular formula is C18H15N3O5. The van der Waals surface area contributed by atoms with Crippen molar-refractivity contribution in [3.8, 4) is 23.0 Å². The molecule has 4 aromatic rings. The van der Waals surface area contributed by atoms with Crippen LogP contribution in [-0.2, 0) is 6.42 Å². The van der Waals surface area contributed by atoms with E-state index in [2.05, 4.69) is 15.1 Å². The number of nitrogens with one attached hydrogen (secondary N) is 1. The van der Waals surface area contributed by atoms with E-state index in [9.17, 15) is 4.79 Å². The second kappa shape index (κ2) is 6.40. The Hall–Kier alpha value is -3.55. The van der Waals surface area contributed by atoms with Crippen molar-refractivity contribution in [2.45, 2.75) is 6.42 Å². The van der Waals surface area contributed by atoms with Crippen molar-refractivity contribution in [3.05, 3.63) is 58.3 Å². The van der Waals surface area contributed by atoms with E-state index < -0.39 is 5.76 Å². The molecule has 0 bridgehead atoms. The fourth-order valence-corrected chi connectivity index (χ4v) is 2.76. The van der Waals surface area contributed by atoms with Gasteiger partial charge in [-0.3, -0.25) is 4.98 Å². The van der Waals surface area contributed by atoms with Crippen molar-refractivity contribution in [3.63, 3.8) is 0 Å². The van der Waals surface area contributed by atoms with Crippen LogP contribution in [0.15, 0.2) is 50.1 Å². The summed E-state index contributed by atoms with van der Waals surface area (Å²) in [6, 6.07) is 10.8. The predicted octanol–water partition coefficient (Wildman–Crippen LogP) is 2.78. The number of aromatic nitrogens is 3. The lowest BCUT2D eigenvalue weighted by molar-refractivity contribution is 0.354. The van der Waals surface area contributed by atoms with Gasteiger partial charge in [-0.15, -0.1) is 0 Å². The molecule has 0 saturated carbocycles. The van der Waals surface area contributed by atoms with Crippen LogP contribution in [0.5, 0.6) is 11.5 Å². The molecule has 0 unspecified atom stereocenters. The lowest BCUT2D eigenvalue weighted by Gasteiger charge is -2.08. The molecule has 8 nitrogen and oxygen atoms in total. The fraction of sp³-hybridized carbons (Fsp3) is 0.167. The molecule has 0 spiro atoms. The van der Waals surface area contributed by atoms with Gasteiger partial charge in [0.05, 0.1) is 25.3 Å². The molecule has 0 fully saturated rings. The van der Waals surface area contributed by atoms with E-state index in [0.29, 0.717) is 46.3 Å². The SMILES string of the molecule is COc1ccc(Cc2noc(-c3cccc4oc(=O)[nH]c34)n2)cc1OC. The molecule has 0 aliphatic heterocycles. The predicted molar refractivity (Wildman–Crippen MR) is 92.5 cm³/mol. The van der Waals surface area contributed by atoms with Crippen molar-refractivity contribution in [1.82, 2.24) is 15.1 Å². The Labute approximate surface area is 147 Å². The molecule has 2 aromatic carbocycles.